The Morgan fingerprint density at radius 2 is 1.86 bits per heavy atom. The number of aromatic nitrogens is 4. The van der Waals surface area contributed by atoms with Gasteiger partial charge in [-0.25, -0.2) is 15.0 Å². The van der Waals surface area contributed by atoms with Crippen LogP contribution in [0.2, 0.25) is 0 Å². The number of ether oxygens (including phenoxy) is 1. The number of alkyl halides is 3. The van der Waals surface area contributed by atoms with Crippen LogP contribution in [0.3, 0.4) is 0 Å². The minimum atomic E-state index is -4.52. The van der Waals surface area contributed by atoms with Gasteiger partial charge in [0.15, 0.2) is 0 Å². The lowest BCUT2D eigenvalue weighted by atomic mass is 9.99. The molecule has 0 saturated carbocycles. The predicted molar refractivity (Wildman–Crippen MR) is 122 cm³/mol. The number of carbonyl (C=O) groups is 1. The molecule has 3 aliphatic heterocycles. The SMILES string of the molecule is C[C@]1(N2CCc3c(-c4cnc(N)nc4)nc(N4CCOCC4)nc32)CCN(C(=O)CC(F)(F)F)C1. The molecule has 35 heavy (non-hydrogen) atoms. The van der Waals surface area contributed by atoms with Gasteiger partial charge in [0.25, 0.3) is 0 Å². The molecule has 2 aromatic rings. The molecule has 2 N–H and O–H groups in total. The first kappa shape index (κ1) is 23.5. The molecule has 0 unspecified atom stereocenters. The van der Waals surface area contributed by atoms with Crippen molar-refractivity contribution in [3.8, 4) is 11.3 Å². The number of halogens is 3. The minimum Gasteiger partial charge on any atom is -0.378 e. The zero-order chi connectivity index (χ0) is 24.8. The molecule has 0 bridgehead atoms. The quantitative estimate of drug-likeness (QED) is 0.681. The molecule has 1 amide bonds. The molecule has 2 fully saturated rings. The topological polar surface area (TPSA) is 114 Å². The summed E-state index contributed by atoms with van der Waals surface area (Å²) in [4.78, 5) is 35.7. The normalized spacial score (nSPS) is 22.6. The molecular weight excluding hydrogens is 465 g/mol. The Morgan fingerprint density at radius 3 is 2.54 bits per heavy atom. The number of amides is 1. The Morgan fingerprint density at radius 1 is 1.14 bits per heavy atom. The van der Waals surface area contributed by atoms with Crippen LogP contribution in [0.5, 0.6) is 0 Å². The average Bonchev–Trinajstić information content (AvgIpc) is 3.43. The summed E-state index contributed by atoms with van der Waals surface area (Å²) in [5.41, 5.74) is 7.49. The van der Waals surface area contributed by atoms with Gasteiger partial charge in [-0.1, -0.05) is 0 Å². The number of carbonyl (C=O) groups excluding carboxylic acids is 1. The molecule has 1 atom stereocenters. The van der Waals surface area contributed by atoms with Crippen molar-refractivity contribution in [2.24, 2.45) is 0 Å². The van der Waals surface area contributed by atoms with Crippen molar-refractivity contribution in [2.75, 3.05) is 61.5 Å². The third kappa shape index (κ3) is 4.68. The summed E-state index contributed by atoms with van der Waals surface area (Å²) in [6.45, 7) is 5.51. The second kappa shape index (κ2) is 8.77. The van der Waals surface area contributed by atoms with Gasteiger partial charge in [0.1, 0.15) is 12.2 Å². The molecule has 0 aromatic carbocycles. The van der Waals surface area contributed by atoms with E-state index in [1.807, 2.05) is 6.92 Å². The fraction of sp³-hybridized carbons (Fsp3) is 0.591. The largest absolute Gasteiger partial charge is 0.397 e. The van der Waals surface area contributed by atoms with Gasteiger partial charge in [0.2, 0.25) is 17.8 Å². The Hall–Kier alpha value is -3.22. The number of hydrogen-bond acceptors (Lipinski definition) is 9. The summed E-state index contributed by atoms with van der Waals surface area (Å²) in [7, 11) is 0. The van der Waals surface area contributed by atoms with Crippen LogP contribution in [0.1, 0.15) is 25.3 Å². The van der Waals surface area contributed by atoms with Gasteiger partial charge in [0, 0.05) is 56.2 Å². The molecular formula is C22H27F3N8O2. The van der Waals surface area contributed by atoms with E-state index in [1.165, 1.54) is 4.90 Å². The first-order valence-electron chi connectivity index (χ1n) is 11.6. The zero-order valence-electron chi connectivity index (χ0n) is 19.4. The van der Waals surface area contributed by atoms with Gasteiger partial charge in [-0.3, -0.25) is 4.79 Å². The molecule has 2 saturated heterocycles. The lowest BCUT2D eigenvalue weighted by Gasteiger charge is -2.37. The molecule has 10 nitrogen and oxygen atoms in total. The van der Waals surface area contributed by atoms with Crippen molar-refractivity contribution in [1.82, 2.24) is 24.8 Å². The van der Waals surface area contributed by atoms with E-state index in [-0.39, 0.29) is 19.0 Å². The van der Waals surface area contributed by atoms with Crippen molar-refractivity contribution < 1.29 is 22.7 Å². The Balaban J connectivity index is 1.49. The van der Waals surface area contributed by atoms with Crippen LogP contribution in [-0.4, -0.2) is 88.4 Å². The zero-order valence-corrected chi connectivity index (χ0v) is 19.4. The highest BCUT2D eigenvalue weighted by molar-refractivity contribution is 5.78. The Kier molecular flexibility index (Phi) is 5.90. The molecule has 2 aromatic heterocycles. The molecule has 5 heterocycles. The second-order valence-electron chi connectivity index (χ2n) is 9.36. The van der Waals surface area contributed by atoms with E-state index in [0.717, 1.165) is 11.4 Å². The van der Waals surface area contributed by atoms with E-state index < -0.39 is 24.0 Å². The summed E-state index contributed by atoms with van der Waals surface area (Å²) in [5.74, 6) is 0.562. The fourth-order valence-corrected chi connectivity index (χ4v) is 5.03. The van der Waals surface area contributed by atoms with Crippen molar-refractivity contribution in [2.45, 2.75) is 37.9 Å². The molecule has 0 spiro atoms. The van der Waals surface area contributed by atoms with Gasteiger partial charge >= 0.3 is 6.18 Å². The van der Waals surface area contributed by atoms with Gasteiger partial charge < -0.3 is 25.2 Å². The smallest absolute Gasteiger partial charge is 0.378 e. The van der Waals surface area contributed by atoms with Crippen molar-refractivity contribution >= 4 is 23.6 Å². The number of rotatable bonds is 4. The summed E-state index contributed by atoms with van der Waals surface area (Å²) >= 11 is 0. The lowest BCUT2D eigenvalue weighted by molar-refractivity contribution is -0.160. The maximum Gasteiger partial charge on any atom is 0.397 e. The van der Waals surface area contributed by atoms with Crippen LogP contribution >= 0.6 is 0 Å². The molecule has 5 rings (SSSR count). The van der Waals surface area contributed by atoms with Crippen LogP contribution in [-0.2, 0) is 16.0 Å². The van der Waals surface area contributed by atoms with Gasteiger partial charge in [-0.05, 0) is 19.8 Å². The maximum atomic E-state index is 12.8. The number of nitrogens with two attached hydrogens (primary N) is 1. The van der Waals surface area contributed by atoms with Crippen molar-refractivity contribution in [3.63, 3.8) is 0 Å². The van der Waals surface area contributed by atoms with Crippen LogP contribution in [0.4, 0.5) is 30.9 Å². The van der Waals surface area contributed by atoms with Crippen LogP contribution in [0.15, 0.2) is 12.4 Å². The van der Waals surface area contributed by atoms with E-state index in [9.17, 15) is 18.0 Å². The molecule has 13 heteroatoms. The fourth-order valence-electron chi connectivity index (χ4n) is 5.03. The van der Waals surface area contributed by atoms with Crippen LogP contribution in [0.25, 0.3) is 11.3 Å². The van der Waals surface area contributed by atoms with E-state index in [4.69, 9.17) is 20.4 Å². The van der Waals surface area contributed by atoms with Crippen LogP contribution < -0.4 is 15.5 Å². The maximum absolute atomic E-state index is 12.8. The number of nitrogens with zero attached hydrogens (tertiary/aromatic N) is 7. The molecule has 0 aliphatic carbocycles. The molecule has 0 radical (unpaired) electrons. The number of likely N-dealkylation sites (tertiary alicyclic amines) is 1. The lowest BCUT2D eigenvalue weighted by Crippen LogP contribution is -2.49. The number of anilines is 3. The van der Waals surface area contributed by atoms with E-state index in [1.54, 1.807) is 12.4 Å². The van der Waals surface area contributed by atoms with Crippen molar-refractivity contribution in [3.05, 3.63) is 18.0 Å². The highest BCUT2D eigenvalue weighted by Gasteiger charge is 2.46. The second-order valence-corrected chi connectivity index (χ2v) is 9.36. The monoisotopic (exact) mass is 492 g/mol. The van der Waals surface area contributed by atoms with Gasteiger partial charge in [-0.2, -0.15) is 18.2 Å². The van der Waals surface area contributed by atoms with E-state index in [0.29, 0.717) is 62.9 Å². The van der Waals surface area contributed by atoms with E-state index >= 15 is 0 Å². The third-order valence-corrected chi connectivity index (χ3v) is 6.86. The van der Waals surface area contributed by atoms with E-state index in [2.05, 4.69) is 19.8 Å². The standard InChI is InChI=1S/C22H27F3N8O2/c1-21(3-5-32(13-21)16(34)10-22(23,24)25)33-4-2-15-17(14-11-27-19(26)28-12-14)29-20(30-18(15)33)31-6-8-35-9-7-31/h11-12H,2-10,13H2,1H3,(H2,26,27,28)/t21-/m0/s1. The summed E-state index contributed by atoms with van der Waals surface area (Å²) in [6, 6.07) is 0. The Labute approximate surface area is 200 Å². The number of hydrogen-bond donors (Lipinski definition) is 1. The molecule has 3 aliphatic rings. The molecule has 188 valence electrons. The predicted octanol–water partition coefficient (Wildman–Crippen LogP) is 1.66. The highest BCUT2D eigenvalue weighted by Crippen LogP contribution is 2.41. The van der Waals surface area contributed by atoms with Gasteiger partial charge in [-0.15, -0.1) is 0 Å². The third-order valence-electron chi connectivity index (χ3n) is 6.86. The highest BCUT2D eigenvalue weighted by atomic mass is 19.4. The Bertz CT molecular complexity index is 1110. The minimum absolute atomic E-state index is 0.163. The summed E-state index contributed by atoms with van der Waals surface area (Å²) in [5, 5.41) is 0. The van der Waals surface area contributed by atoms with Gasteiger partial charge in [0.05, 0.1) is 24.4 Å². The number of fused-ring (bicyclic) bond motifs is 1. The summed E-state index contributed by atoms with van der Waals surface area (Å²) in [6.07, 6.45) is -1.49. The van der Waals surface area contributed by atoms with Crippen molar-refractivity contribution in [1.29, 1.82) is 0 Å². The summed E-state index contributed by atoms with van der Waals surface area (Å²) < 4.78 is 43.9. The first-order valence-corrected chi connectivity index (χ1v) is 11.6. The number of morpholine rings is 1. The average molecular weight is 493 g/mol. The number of nitrogen functional groups attached to an aromatic ring is 1. The van der Waals surface area contributed by atoms with Crippen LogP contribution in [0, 0.1) is 0 Å². The first-order chi connectivity index (χ1) is 16.6.